The third kappa shape index (κ3) is 3.75. The monoisotopic (exact) mass is 249 g/mol. The Kier molecular flexibility index (Phi) is 4.98. The number of rotatable bonds is 4. The second-order valence-electron chi connectivity index (χ2n) is 4.00. The molecule has 0 aliphatic heterocycles. The van der Waals surface area contributed by atoms with E-state index in [1.54, 1.807) is 0 Å². The Balaban J connectivity index is 0.00000144. The summed E-state index contributed by atoms with van der Waals surface area (Å²) in [5.41, 5.74) is 6.37. The highest BCUT2D eigenvalue weighted by atomic mass is 35.5. The van der Waals surface area contributed by atoms with E-state index in [1.165, 1.54) is 16.3 Å². The lowest BCUT2D eigenvalue weighted by Gasteiger charge is -2.02. The molecule has 1 amide bonds. The molecule has 2 aromatic carbocycles. The fraction of sp³-hybridized carbons (Fsp3) is 0.214. The molecule has 0 radical (unpaired) electrons. The second-order valence-corrected chi connectivity index (χ2v) is 4.00. The first kappa shape index (κ1) is 13.5. The highest BCUT2D eigenvalue weighted by molar-refractivity contribution is 5.85. The van der Waals surface area contributed by atoms with Crippen molar-refractivity contribution in [1.29, 1.82) is 0 Å². The Labute approximate surface area is 107 Å². The molecule has 2 aromatic rings. The smallest absolute Gasteiger partial charge is 0.217 e. The summed E-state index contributed by atoms with van der Waals surface area (Å²) in [6.07, 6.45) is 2.20. The van der Waals surface area contributed by atoms with Crippen LogP contribution >= 0.6 is 12.4 Å². The molecule has 3 heteroatoms. The third-order valence-electron chi connectivity index (χ3n) is 2.70. The largest absolute Gasteiger partial charge is 0.370 e. The van der Waals surface area contributed by atoms with Gasteiger partial charge in [-0.25, -0.2) is 0 Å². The standard InChI is InChI=1S/C14H15NO.ClH/c15-14(16)7-3-4-11-8-9-12-5-1-2-6-13(12)10-11;/h1-2,5-6,8-10H,3-4,7H2,(H2,15,16);1H. The van der Waals surface area contributed by atoms with Gasteiger partial charge in [0.1, 0.15) is 0 Å². The summed E-state index contributed by atoms with van der Waals surface area (Å²) in [6.45, 7) is 0. The fourth-order valence-electron chi connectivity index (χ4n) is 1.86. The molecule has 17 heavy (non-hydrogen) atoms. The first-order valence-electron chi connectivity index (χ1n) is 5.52. The summed E-state index contributed by atoms with van der Waals surface area (Å²) in [5, 5.41) is 2.50. The van der Waals surface area contributed by atoms with E-state index in [-0.39, 0.29) is 18.3 Å². The molecule has 0 unspecified atom stereocenters. The molecule has 2 N–H and O–H groups in total. The number of fused-ring (bicyclic) bond motifs is 1. The molecule has 2 rings (SSSR count). The average molecular weight is 250 g/mol. The van der Waals surface area contributed by atoms with Crippen LogP contribution in [0.1, 0.15) is 18.4 Å². The van der Waals surface area contributed by atoms with Crippen LogP contribution in [0.15, 0.2) is 42.5 Å². The lowest BCUT2D eigenvalue weighted by molar-refractivity contribution is -0.118. The van der Waals surface area contributed by atoms with E-state index in [9.17, 15) is 4.79 Å². The predicted molar refractivity (Wildman–Crippen MR) is 73.3 cm³/mol. The van der Waals surface area contributed by atoms with Gasteiger partial charge >= 0.3 is 0 Å². The van der Waals surface area contributed by atoms with E-state index >= 15 is 0 Å². The lowest BCUT2D eigenvalue weighted by Crippen LogP contribution is -2.10. The molecule has 0 aliphatic rings. The van der Waals surface area contributed by atoms with Crippen LogP contribution < -0.4 is 5.73 Å². The Morgan fingerprint density at radius 1 is 1.06 bits per heavy atom. The van der Waals surface area contributed by atoms with Gasteiger partial charge in [-0.05, 0) is 29.2 Å². The molecule has 2 nitrogen and oxygen atoms in total. The quantitative estimate of drug-likeness (QED) is 0.889. The summed E-state index contributed by atoms with van der Waals surface area (Å²) < 4.78 is 0. The number of carbonyl (C=O) groups excluding carboxylic acids is 1. The Bertz CT molecular complexity index is 510. The number of carbonyl (C=O) groups is 1. The SMILES string of the molecule is Cl.NC(=O)CCCc1ccc2ccccc2c1. The number of nitrogens with two attached hydrogens (primary N) is 1. The van der Waals surface area contributed by atoms with Gasteiger partial charge in [0.15, 0.2) is 0 Å². The maximum Gasteiger partial charge on any atom is 0.217 e. The van der Waals surface area contributed by atoms with Crippen molar-refractivity contribution in [2.24, 2.45) is 5.73 Å². The normalized spacial score (nSPS) is 9.88. The van der Waals surface area contributed by atoms with Crippen LogP contribution in [0.25, 0.3) is 10.8 Å². The van der Waals surface area contributed by atoms with Gasteiger partial charge in [0.2, 0.25) is 5.91 Å². The number of hydrogen-bond acceptors (Lipinski definition) is 1. The van der Waals surface area contributed by atoms with Crippen molar-refractivity contribution in [3.8, 4) is 0 Å². The van der Waals surface area contributed by atoms with Crippen molar-refractivity contribution in [3.63, 3.8) is 0 Å². The average Bonchev–Trinajstić information content (AvgIpc) is 2.28. The van der Waals surface area contributed by atoms with Crippen molar-refractivity contribution >= 4 is 29.1 Å². The van der Waals surface area contributed by atoms with Gasteiger partial charge in [-0.2, -0.15) is 0 Å². The van der Waals surface area contributed by atoms with E-state index in [4.69, 9.17) is 5.73 Å². The fourth-order valence-corrected chi connectivity index (χ4v) is 1.86. The molecule has 0 heterocycles. The molecule has 90 valence electrons. The van der Waals surface area contributed by atoms with Crippen molar-refractivity contribution in [2.45, 2.75) is 19.3 Å². The molecule has 0 fully saturated rings. The summed E-state index contributed by atoms with van der Waals surface area (Å²) in [7, 11) is 0. The molecule has 0 saturated carbocycles. The number of halogens is 1. The van der Waals surface area contributed by atoms with E-state index in [0.717, 1.165) is 12.8 Å². The molecular formula is C14H16ClNO. The van der Waals surface area contributed by atoms with Crippen LogP contribution in [-0.2, 0) is 11.2 Å². The number of benzene rings is 2. The predicted octanol–water partition coefficient (Wildman–Crippen LogP) is 3.07. The zero-order valence-electron chi connectivity index (χ0n) is 9.56. The van der Waals surface area contributed by atoms with Crippen LogP contribution in [-0.4, -0.2) is 5.91 Å². The highest BCUT2D eigenvalue weighted by Crippen LogP contribution is 2.16. The van der Waals surface area contributed by atoms with E-state index in [1.807, 2.05) is 12.1 Å². The molecule has 0 aliphatic carbocycles. The van der Waals surface area contributed by atoms with Crippen molar-refractivity contribution < 1.29 is 4.79 Å². The molecule has 0 saturated heterocycles. The minimum atomic E-state index is -0.221. The van der Waals surface area contributed by atoms with Crippen LogP contribution in [0.2, 0.25) is 0 Å². The number of hydrogen-bond donors (Lipinski definition) is 1. The van der Waals surface area contributed by atoms with Gasteiger partial charge in [0.25, 0.3) is 0 Å². The van der Waals surface area contributed by atoms with Gasteiger partial charge in [0, 0.05) is 6.42 Å². The molecule has 0 atom stereocenters. The van der Waals surface area contributed by atoms with Crippen molar-refractivity contribution in [1.82, 2.24) is 0 Å². The van der Waals surface area contributed by atoms with Crippen LogP contribution in [0, 0.1) is 0 Å². The lowest BCUT2D eigenvalue weighted by atomic mass is 10.0. The van der Waals surface area contributed by atoms with Crippen LogP contribution in [0.5, 0.6) is 0 Å². The maximum absolute atomic E-state index is 10.6. The van der Waals surface area contributed by atoms with E-state index < -0.39 is 0 Å². The Hall–Kier alpha value is -1.54. The van der Waals surface area contributed by atoms with Gasteiger partial charge in [-0.3, -0.25) is 4.79 Å². The zero-order chi connectivity index (χ0) is 11.4. The molecule has 0 bridgehead atoms. The summed E-state index contributed by atoms with van der Waals surface area (Å²) in [6, 6.07) is 14.7. The second kappa shape index (κ2) is 6.26. The van der Waals surface area contributed by atoms with Crippen molar-refractivity contribution in [2.75, 3.05) is 0 Å². The van der Waals surface area contributed by atoms with E-state index in [0.29, 0.717) is 6.42 Å². The molecule has 0 aromatic heterocycles. The highest BCUT2D eigenvalue weighted by Gasteiger charge is 1.98. The summed E-state index contributed by atoms with van der Waals surface area (Å²) >= 11 is 0. The van der Waals surface area contributed by atoms with Gasteiger partial charge < -0.3 is 5.73 Å². The maximum atomic E-state index is 10.6. The third-order valence-corrected chi connectivity index (χ3v) is 2.70. The van der Waals surface area contributed by atoms with Crippen LogP contribution in [0.3, 0.4) is 0 Å². The molecule has 0 spiro atoms. The summed E-state index contributed by atoms with van der Waals surface area (Å²) in [5.74, 6) is -0.221. The van der Waals surface area contributed by atoms with Gasteiger partial charge in [0.05, 0.1) is 0 Å². The zero-order valence-corrected chi connectivity index (χ0v) is 10.4. The van der Waals surface area contributed by atoms with E-state index in [2.05, 4.69) is 30.3 Å². The van der Waals surface area contributed by atoms with Gasteiger partial charge in [-0.15, -0.1) is 12.4 Å². The number of aryl methyl sites for hydroxylation is 1. The number of primary amides is 1. The Morgan fingerprint density at radius 2 is 1.76 bits per heavy atom. The topological polar surface area (TPSA) is 43.1 Å². The van der Waals surface area contributed by atoms with Crippen molar-refractivity contribution in [3.05, 3.63) is 48.0 Å². The van der Waals surface area contributed by atoms with Crippen LogP contribution in [0.4, 0.5) is 0 Å². The first-order valence-corrected chi connectivity index (χ1v) is 5.52. The van der Waals surface area contributed by atoms with Gasteiger partial charge in [-0.1, -0.05) is 42.5 Å². The first-order chi connectivity index (χ1) is 7.75. The molecular weight excluding hydrogens is 234 g/mol. The minimum Gasteiger partial charge on any atom is -0.370 e. The minimum absolute atomic E-state index is 0. The number of amides is 1. The Morgan fingerprint density at radius 3 is 2.47 bits per heavy atom. The summed E-state index contributed by atoms with van der Waals surface area (Å²) in [4.78, 5) is 10.6.